The van der Waals surface area contributed by atoms with Crippen molar-refractivity contribution < 1.29 is 18.0 Å². The lowest BCUT2D eigenvalue weighted by Crippen LogP contribution is -2.12. The Morgan fingerprint density at radius 2 is 1.69 bits per heavy atom. The molecule has 3 aromatic carbocycles. The lowest BCUT2D eigenvalue weighted by Gasteiger charge is -2.07. The smallest absolute Gasteiger partial charge is 0.255 e. The minimum absolute atomic E-state index is 0.132. The van der Waals surface area contributed by atoms with Gasteiger partial charge in [0, 0.05) is 17.3 Å². The quantitative estimate of drug-likeness (QED) is 0.542. The average molecular weight is 351 g/mol. The summed E-state index contributed by atoms with van der Waals surface area (Å²) in [7, 11) is 0. The Labute approximate surface area is 145 Å². The second-order valence-corrected chi connectivity index (χ2v) is 5.72. The molecule has 1 amide bonds. The Morgan fingerprint density at radius 1 is 0.923 bits per heavy atom. The fourth-order valence-electron chi connectivity index (χ4n) is 2.72. The third-order valence-corrected chi connectivity index (χ3v) is 4.01. The summed E-state index contributed by atoms with van der Waals surface area (Å²) in [6, 6.07) is 13.7. The molecule has 0 saturated carbocycles. The second-order valence-electron chi connectivity index (χ2n) is 5.72. The van der Waals surface area contributed by atoms with E-state index in [1.54, 1.807) is 6.07 Å². The SMILES string of the molecule is O=C(Nc1ccc2c(=O)c3cccc(F)c3oc2c1)c1ccc(F)cc1. The first kappa shape index (κ1) is 16.0. The van der Waals surface area contributed by atoms with E-state index in [0.717, 1.165) is 0 Å². The van der Waals surface area contributed by atoms with Gasteiger partial charge in [0.25, 0.3) is 5.91 Å². The monoisotopic (exact) mass is 351 g/mol. The van der Waals surface area contributed by atoms with Crippen molar-refractivity contribution in [3.8, 4) is 0 Å². The molecule has 0 spiro atoms. The van der Waals surface area contributed by atoms with Crippen LogP contribution in [0.5, 0.6) is 0 Å². The maximum absolute atomic E-state index is 13.9. The highest BCUT2D eigenvalue weighted by atomic mass is 19.1. The van der Waals surface area contributed by atoms with E-state index in [9.17, 15) is 18.4 Å². The molecule has 4 rings (SSSR count). The number of nitrogens with one attached hydrogen (secondary N) is 1. The first-order valence-corrected chi connectivity index (χ1v) is 7.75. The Kier molecular flexibility index (Phi) is 3.73. The molecule has 0 bridgehead atoms. The molecule has 26 heavy (non-hydrogen) atoms. The molecule has 6 heteroatoms. The van der Waals surface area contributed by atoms with Gasteiger partial charge in [-0.2, -0.15) is 0 Å². The summed E-state index contributed by atoms with van der Waals surface area (Å²) in [6.45, 7) is 0. The summed E-state index contributed by atoms with van der Waals surface area (Å²) in [5.74, 6) is -1.52. The van der Waals surface area contributed by atoms with Crippen LogP contribution < -0.4 is 10.7 Å². The second kappa shape index (κ2) is 6.07. The van der Waals surface area contributed by atoms with Crippen molar-refractivity contribution in [2.75, 3.05) is 5.32 Å². The van der Waals surface area contributed by atoms with Gasteiger partial charge in [-0.25, -0.2) is 8.78 Å². The first-order valence-electron chi connectivity index (χ1n) is 7.75. The van der Waals surface area contributed by atoms with Crippen molar-refractivity contribution in [3.05, 3.63) is 88.1 Å². The Hall–Kier alpha value is -3.54. The van der Waals surface area contributed by atoms with Crippen LogP contribution in [0.3, 0.4) is 0 Å². The van der Waals surface area contributed by atoms with Crippen LogP contribution in [0.2, 0.25) is 0 Å². The summed E-state index contributed by atoms with van der Waals surface area (Å²) in [5.41, 5.74) is 0.317. The summed E-state index contributed by atoms with van der Waals surface area (Å²) < 4.78 is 32.4. The molecule has 0 aliphatic carbocycles. The third-order valence-electron chi connectivity index (χ3n) is 4.01. The molecule has 0 radical (unpaired) electrons. The summed E-state index contributed by atoms with van der Waals surface area (Å²) in [4.78, 5) is 24.7. The van der Waals surface area contributed by atoms with Crippen molar-refractivity contribution in [1.82, 2.24) is 0 Å². The average Bonchev–Trinajstić information content (AvgIpc) is 2.63. The van der Waals surface area contributed by atoms with Crippen LogP contribution >= 0.6 is 0 Å². The van der Waals surface area contributed by atoms with E-state index < -0.39 is 17.5 Å². The summed E-state index contributed by atoms with van der Waals surface area (Å²) in [5, 5.41) is 3.07. The standard InChI is InChI=1S/C20H11F2NO3/c21-12-6-4-11(5-7-12)20(25)23-13-8-9-14-17(10-13)26-19-15(18(14)24)2-1-3-16(19)22/h1-10H,(H,23,25). The van der Waals surface area contributed by atoms with Gasteiger partial charge in [-0.1, -0.05) is 6.07 Å². The highest BCUT2D eigenvalue weighted by molar-refractivity contribution is 6.05. The zero-order valence-electron chi connectivity index (χ0n) is 13.3. The van der Waals surface area contributed by atoms with Gasteiger partial charge in [0.15, 0.2) is 11.4 Å². The van der Waals surface area contributed by atoms with E-state index >= 15 is 0 Å². The van der Waals surface area contributed by atoms with Crippen LogP contribution in [0, 0.1) is 11.6 Å². The van der Waals surface area contributed by atoms with Crippen molar-refractivity contribution in [1.29, 1.82) is 0 Å². The molecule has 1 aromatic heterocycles. The van der Waals surface area contributed by atoms with Crippen molar-refractivity contribution >= 4 is 33.5 Å². The van der Waals surface area contributed by atoms with Gasteiger partial charge in [0.05, 0.1) is 10.8 Å². The van der Waals surface area contributed by atoms with Crippen molar-refractivity contribution in [3.63, 3.8) is 0 Å². The minimum Gasteiger partial charge on any atom is -0.453 e. The number of hydrogen-bond donors (Lipinski definition) is 1. The molecule has 0 saturated heterocycles. The van der Waals surface area contributed by atoms with E-state index in [1.165, 1.54) is 54.6 Å². The number of para-hydroxylation sites is 1. The van der Waals surface area contributed by atoms with E-state index in [0.29, 0.717) is 5.69 Å². The number of fused-ring (bicyclic) bond motifs is 2. The number of rotatable bonds is 2. The lowest BCUT2D eigenvalue weighted by atomic mass is 10.1. The predicted octanol–water partition coefficient (Wildman–Crippen LogP) is 4.48. The molecule has 1 heterocycles. The number of anilines is 1. The van der Waals surface area contributed by atoms with Crippen LogP contribution in [0.1, 0.15) is 10.4 Å². The van der Waals surface area contributed by atoms with E-state index in [4.69, 9.17) is 4.42 Å². The number of halogens is 2. The Balaban J connectivity index is 1.76. The zero-order chi connectivity index (χ0) is 18.3. The van der Waals surface area contributed by atoms with Gasteiger partial charge in [-0.05, 0) is 48.5 Å². The molecule has 0 atom stereocenters. The third kappa shape index (κ3) is 2.71. The van der Waals surface area contributed by atoms with Gasteiger partial charge < -0.3 is 9.73 Å². The number of hydrogen-bond acceptors (Lipinski definition) is 3. The highest BCUT2D eigenvalue weighted by Gasteiger charge is 2.12. The Morgan fingerprint density at radius 3 is 2.46 bits per heavy atom. The fraction of sp³-hybridized carbons (Fsp3) is 0. The highest BCUT2D eigenvalue weighted by Crippen LogP contribution is 2.23. The molecule has 1 N–H and O–H groups in total. The van der Waals surface area contributed by atoms with E-state index in [1.807, 2.05) is 0 Å². The molecule has 0 unspecified atom stereocenters. The molecular weight excluding hydrogens is 340 g/mol. The van der Waals surface area contributed by atoms with Crippen LogP contribution in [-0.2, 0) is 0 Å². The molecule has 0 aliphatic rings. The molecule has 4 nitrogen and oxygen atoms in total. The van der Waals surface area contributed by atoms with Gasteiger partial charge in [-0.15, -0.1) is 0 Å². The molecule has 4 aromatic rings. The van der Waals surface area contributed by atoms with Crippen LogP contribution in [0.15, 0.2) is 69.9 Å². The number of carbonyl (C=O) groups is 1. The molecule has 0 fully saturated rings. The number of amides is 1. The fourth-order valence-corrected chi connectivity index (χ4v) is 2.72. The molecule has 128 valence electrons. The zero-order valence-corrected chi connectivity index (χ0v) is 13.3. The number of carbonyl (C=O) groups excluding carboxylic acids is 1. The van der Waals surface area contributed by atoms with Crippen molar-refractivity contribution in [2.24, 2.45) is 0 Å². The van der Waals surface area contributed by atoms with Gasteiger partial charge >= 0.3 is 0 Å². The van der Waals surface area contributed by atoms with Crippen LogP contribution in [0.25, 0.3) is 21.9 Å². The molecular formula is C20H11F2NO3. The van der Waals surface area contributed by atoms with Crippen molar-refractivity contribution in [2.45, 2.75) is 0 Å². The number of benzene rings is 3. The van der Waals surface area contributed by atoms with E-state index in [2.05, 4.69) is 5.32 Å². The maximum atomic E-state index is 13.9. The topological polar surface area (TPSA) is 59.3 Å². The Bertz CT molecular complexity index is 1210. The first-order chi connectivity index (χ1) is 12.5. The predicted molar refractivity (Wildman–Crippen MR) is 94.3 cm³/mol. The van der Waals surface area contributed by atoms with Crippen LogP contribution in [0.4, 0.5) is 14.5 Å². The van der Waals surface area contributed by atoms with Gasteiger partial charge in [-0.3, -0.25) is 9.59 Å². The molecule has 0 aliphatic heterocycles. The van der Waals surface area contributed by atoms with Gasteiger partial charge in [0.2, 0.25) is 5.43 Å². The van der Waals surface area contributed by atoms with Gasteiger partial charge in [0.1, 0.15) is 11.4 Å². The summed E-state index contributed by atoms with van der Waals surface area (Å²) in [6.07, 6.45) is 0. The summed E-state index contributed by atoms with van der Waals surface area (Å²) >= 11 is 0. The maximum Gasteiger partial charge on any atom is 0.255 e. The largest absolute Gasteiger partial charge is 0.453 e. The lowest BCUT2D eigenvalue weighted by molar-refractivity contribution is 0.102. The van der Waals surface area contributed by atoms with E-state index in [-0.39, 0.29) is 32.9 Å². The minimum atomic E-state index is -0.637. The normalized spacial score (nSPS) is 11.0. The van der Waals surface area contributed by atoms with Crippen LogP contribution in [-0.4, -0.2) is 5.91 Å².